The van der Waals surface area contributed by atoms with Gasteiger partial charge in [-0.15, -0.1) is 0 Å². The van der Waals surface area contributed by atoms with E-state index in [0.29, 0.717) is 44.0 Å². The Bertz CT molecular complexity index is 870. The van der Waals surface area contributed by atoms with Gasteiger partial charge in [0.15, 0.2) is 6.10 Å². The van der Waals surface area contributed by atoms with Crippen molar-refractivity contribution in [3.8, 4) is 5.75 Å². The van der Waals surface area contributed by atoms with Crippen molar-refractivity contribution in [2.45, 2.75) is 39.5 Å². The number of ether oxygens (including phenoxy) is 1. The molecule has 2 aromatic carbocycles. The molecule has 1 unspecified atom stereocenters. The SMILES string of the molecule is CCC(Oc1cc(C)cc(C)c1)C(=O)N1CCN(c2cccc(C(F)(F)F)c2)CC1. The van der Waals surface area contributed by atoms with Gasteiger partial charge in [-0.1, -0.05) is 19.1 Å². The minimum Gasteiger partial charge on any atom is -0.481 e. The van der Waals surface area contributed by atoms with Gasteiger partial charge < -0.3 is 14.5 Å². The number of hydrogen-bond donors (Lipinski definition) is 0. The molecule has 0 saturated carbocycles. The van der Waals surface area contributed by atoms with E-state index in [1.54, 1.807) is 11.0 Å². The minimum absolute atomic E-state index is 0.0830. The molecule has 1 amide bonds. The number of halogens is 3. The number of hydrogen-bond acceptors (Lipinski definition) is 3. The average Bonchev–Trinajstić information content (AvgIpc) is 2.70. The number of benzene rings is 2. The van der Waals surface area contributed by atoms with Gasteiger partial charge in [0.1, 0.15) is 5.75 Å². The Morgan fingerprint density at radius 3 is 2.23 bits per heavy atom. The van der Waals surface area contributed by atoms with Crippen LogP contribution in [-0.2, 0) is 11.0 Å². The second-order valence-electron chi connectivity index (χ2n) is 7.70. The summed E-state index contributed by atoms with van der Waals surface area (Å²) in [6, 6.07) is 11.2. The van der Waals surface area contributed by atoms with E-state index in [9.17, 15) is 18.0 Å². The van der Waals surface area contributed by atoms with Gasteiger partial charge in [0.05, 0.1) is 5.56 Å². The van der Waals surface area contributed by atoms with Crippen molar-refractivity contribution in [2.75, 3.05) is 31.1 Å². The number of alkyl halides is 3. The van der Waals surface area contributed by atoms with Gasteiger partial charge >= 0.3 is 6.18 Å². The molecule has 1 fully saturated rings. The molecular weight excluding hydrogens is 393 g/mol. The van der Waals surface area contributed by atoms with Crippen LogP contribution in [0.3, 0.4) is 0 Å². The fourth-order valence-corrected chi connectivity index (χ4v) is 3.74. The van der Waals surface area contributed by atoms with Gasteiger partial charge in [0, 0.05) is 31.9 Å². The Hall–Kier alpha value is -2.70. The van der Waals surface area contributed by atoms with Crippen molar-refractivity contribution >= 4 is 11.6 Å². The van der Waals surface area contributed by atoms with Crippen LogP contribution in [0.25, 0.3) is 0 Å². The summed E-state index contributed by atoms with van der Waals surface area (Å²) in [6.45, 7) is 7.72. The van der Waals surface area contributed by atoms with Gasteiger partial charge in [-0.3, -0.25) is 4.79 Å². The highest BCUT2D eigenvalue weighted by molar-refractivity contribution is 5.81. The largest absolute Gasteiger partial charge is 0.481 e. The quantitative estimate of drug-likeness (QED) is 0.695. The smallest absolute Gasteiger partial charge is 0.416 e. The van der Waals surface area contributed by atoms with E-state index in [1.807, 2.05) is 43.9 Å². The average molecular weight is 420 g/mol. The number of carbonyl (C=O) groups excluding carboxylic acids is 1. The molecular formula is C23H27F3N2O2. The predicted molar refractivity (Wildman–Crippen MR) is 111 cm³/mol. The van der Waals surface area contributed by atoms with Gasteiger partial charge in [-0.25, -0.2) is 0 Å². The second kappa shape index (κ2) is 8.98. The molecule has 0 aromatic heterocycles. The lowest BCUT2D eigenvalue weighted by Crippen LogP contribution is -2.52. The van der Waals surface area contributed by atoms with E-state index in [2.05, 4.69) is 0 Å². The molecule has 1 aliphatic rings. The third-order valence-corrected chi connectivity index (χ3v) is 5.25. The van der Waals surface area contributed by atoms with Crippen LogP contribution in [0.15, 0.2) is 42.5 Å². The highest BCUT2D eigenvalue weighted by Gasteiger charge is 2.32. The summed E-state index contributed by atoms with van der Waals surface area (Å²) in [6.07, 6.45) is -4.40. The van der Waals surface area contributed by atoms with Crippen LogP contribution in [0.4, 0.5) is 18.9 Å². The topological polar surface area (TPSA) is 32.8 Å². The molecule has 1 heterocycles. The molecule has 1 aliphatic heterocycles. The highest BCUT2D eigenvalue weighted by Crippen LogP contribution is 2.32. The Morgan fingerprint density at radius 1 is 1.03 bits per heavy atom. The number of carbonyl (C=O) groups is 1. The number of anilines is 1. The molecule has 2 aromatic rings. The fourth-order valence-electron chi connectivity index (χ4n) is 3.74. The molecule has 0 bridgehead atoms. The van der Waals surface area contributed by atoms with Crippen LogP contribution in [0, 0.1) is 13.8 Å². The third kappa shape index (κ3) is 5.26. The van der Waals surface area contributed by atoms with Crippen molar-refractivity contribution in [1.82, 2.24) is 4.90 Å². The second-order valence-corrected chi connectivity index (χ2v) is 7.70. The molecule has 1 saturated heterocycles. The van der Waals surface area contributed by atoms with E-state index in [0.717, 1.165) is 23.3 Å². The van der Waals surface area contributed by atoms with Crippen LogP contribution in [0.2, 0.25) is 0 Å². The molecule has 7 heteroatoms. The summed E-state index contributed by atoms with van der Waals surface area (Å²) < 4.78 is 44.9. The third-order valence-electron chi connectivity index (χ3n) is 5.25. The summed E-state index contributed by atoms with van der Waals surface area (Å²) in [5.74, 6) is 0.593. The van der Waals surface area contributed by atoms with Gasteiger partial charge in [-0.2, -0.15) is 13.2 Å². The first-order chi connectivity index (χ1) is 14.2. The van der Waals surface area contributed by atoms with Crippen LogP contribution in [0.1, 0.15) is 30.0 Å². The number of aryl methyl sites for hydroxylation is 2. The van der Waals surface area contributed by atoms with E-state index in [1.165, 1.54) is 6.07 Å². The Balaban J connectivity index is 1.63. The molecule has 0 spiro atoms. The highest BCUT2D eigenvalue weighted by atomic mass is 19.4. The van der Waals surface area contributed by atoms with Crippen molar-refractivity contribution in [2.24, 2.45) is 0 Å². The maximum atomic E-state index is 13.0. The molecule has 3 rings (SSSR count). The number of piperazine rings is 1. The first-order valence-corrected chi connectivity index (χ1v) is 10.1. The fraction of sp³-hybridized carbons (Fsp3) is 0.435. The summed E-state index contributed by atoms with van der Waals surface area (Å²) in [5, 5.41) is 0. The molecule has 0 N–H and O–H groups in total. The maximum Gasteiger partial charge on any atom is 0.416 e. The monoisotopic (exact) mass is 420 g/mol. The summed E-state index contributed by atoms with van der Waals surface area (Å²) in [5.41, 5.74) is 2.01. The lowest BCUT2D eigenvalue weighted by atomic mass is 10.1. The molecule has 162 valence electrons. The molecule has 0 aliphatic carbocycles. The van der Waals surface area contributed by atoms with Gasteiger partial charge in [0.25, 0.3) is 5.91 Å². The van der Waals surface area contributed by atoms with Crippen molar-refractivity contribution in [3.05, 3.63) is 59.2 Å². The van der Waals surface area contributed by atoms with Gasteiger partial charge in [0.2, 0.25) is 0 Å². The molecule has 1 atom stereocenters. The Morgan fingerprint density at radius 2 is 1.67 bits per heavy atom. The molecule has 4 nitrogen and oxygen atoms in total. The number of amides is 1. The van der Waals surface area contributed by atoms with E-state index < -0.39 is 17.8 Å². The van der Waals surface area contributed by atoms with E-state index in [4.69, 9.17) is 4.74 Å². The van der Waals surface area contributed by atoms with E-state index in [-0.39, 0.29) is 5.91 Å². The molecule has 30 heavy (non-hydrogen) atoms. The van der Waals surface area contributed by atoms with Crippen LogP contribution in [-0.4, -0.2) is 43.1 Å². The number of nitrogens with zero attached hydrogens (tertiary/aromatic N) is 2. The van der Waals surface area contributed by atoms with E-state index >= 15 is 0 Å². The van der Waals surface area contributed by atoms with Crippen molar-refractivity contribution in [3.63, 3.8) is 0 Å². The van der Waals surface area contributed by atoms with Crippen LogP contribution < -0.4 is 9.64 Å². The Labute approximate surface area is 175 Å². The van der Waals surface area contributed by atoms with Crippen molar-refractivity contribution in [1.29, 1.82) is 0 Å². The molecule has 0 radical (unpaired) electrons. The van der Waals surface area contributed by atoms with Crippen molar-refractivity contribution < 1.29 is 22.7 Å². The van der Waals surface area contributed by atoms with Crippen LogP contribution >= 0.6 is 0 Å². The lowest BCUT2D eigenvalue weighted by molar-refractivity contribution is -0.139. The normalized spacial score (nSPS) is 15.8. The summed E-state index contributed by atoms with van der Waals surface area (Å²) in [4.78, 5) is 16.6. The zero-order valence-electron chi connectivity index (χ0n) is 17.5. The zero-order chi connectivity index (χ0) is 21.9. The maximum absolute atomic E-state index is 13.0. The zero-order valence-corrected chi connectivity index (χ0v) is 17.5. The first-order valence-electron chi connectivity index (χ1n) is 10.1. The minimum atomic E-state index is -4.37. The summed E-state index contributed by atoms with van der Waals surface area (Å²) in [7, 11) is 0. The predicted octanol–water partition coefficient (Wildman–Crippen LogP) is 4.83. The standard InChI is InChI=1S/C23H27F3N2O2/c1-4-21(30-20-13-16(2)12-17(3)14-20)22(29)28-10-8-27(9-11-28)19-7-5-6-18(15-19)23(24,25)26/h5-7,12-15,21H,4,8-11H2,1-3H3. The Kier molecular flexibility index (Phi) is 6.58. The van der Waals surface area contributed by atoms with Gasteiger partial charge in [-0.05, 0) is 61.7 Å². The summed E-state index contributed by atoms with van der Waals surface area (Å²) >= 11 is 0. The lowest BCUT2D eigenvalue weighted by Gasteiger charge is -2.37. The number of rotatable bonds is 5. The van der Waals surface area contributed by atoms with Crippen LogP contribution in [0.5, 0.6) is 5.75 Å². The first kappa shape index (κ1) is 22.0.